The molecule has 0 aliphatic carbocycles. The van der Waals surface area contributed by atoms with Crippen molar-refractivity contribution in [3.8, 4) is 0 Å². The topological polar surface area (TPSA) is 58.7 Å². The van der Waals surface area contributed by atoms with Crippen molar-refractivity contribution in [1.82, 2.24) is 0 Å². The first-order valence-corrected chi connectivity index (χ1v) is 6.95. The molecule has 1 aromatic rings. The van der Waals surface area contributed by atoms with Crippen molar-refractivity contribution in [2.45, 2.75) is 32.1 Å². The lowest BCUT2D eigenvalue weighted by molar-refractivity contribution is -0.0421. The second-order valence-electron chi connectivity index (χ2n) is 5.16. The minimum Gasteiger partial charge on any atom is -0.394 e. The molecule has 3 atom stereocenters. The molecule has 0 aromatic heterocycles. The zero-order valence-electron chi connectivity index (χ0n) is 11.3. The van der Waals surface area contributed by atoms with Gasteiger partial charge in [0, 0.05) is 19.1 Å². The lowest BCUT2D eigenvalue weighted by Gasteiger charge is -2.38. The Balaban J connectivity index is 2.21. The van der Waals surface area contributed by atoms with Crippen molar-refractivity contribution >= 4 is 17.3 Å². The van der Waals surface area contributed by atoms with E-state index in [0.29, 0.717) is 11.6 Å². The van der Waals surface area contributed by atoms with Gasteiger partial charge >= 0.3 is 0 Å². The van der Waals surface area contributed by atoms with Crippen LogP contribution in [0, 0.1) is 0 Å². The monoisotopic (exact) mass is 284 g/mol. The van der Waals surface area contributed by atoms with Crippen LogP contribution in [0.3, 0.4) is 0 Å². The van der Waals surface area contributed by atoms with Crippen LogP contribution >= 0.6 is 11.6 Å². The Hall–Kier alpha value is -0.810. The van der Waals surface area contributed by atoms with E-state index >= 15 is 0 Å². The van der Waals surface area contributed by atoms with Gasteiger partial charge in [-0.25, -0.2) is 0 Å². The quantitative estimate of drug-likeness (QED) is 0.891. The Morgan fingerprint density at radius 1 is 1.53 bits per heavy atom. The third-order valence-electron chi connectivity index (χ3n) is 3.37. The highest BCUT2D eigenvalue weighted by molar-refractivity contribution is 6.33. The number of halogens is 1. The number of morpholine rings is 1. The highest BCUT2D eigenvalue weighted by atomic mass is 35.5. The van der Waals surface area contributed by atoms with Gasteiger partial charge in [-0.1, -0.05) is 17.7 Å². The van der Waals surface area contributed by atoms with Gasteiger partial charge in [0.15, 0.2) is 0 Å². The first-order valence-electron chi connectivity index (χ1n) is 6.57. The zero-order chi connectivity index (χ0) is 14.0. The number of nitrogens with zero attached hydrogens (tertiary/aromatic N) is 1. The number of aliphatic hydroxyl groups is 1. The third kappa shape index (κ3) is 3.39. The molecular weight excluding hydrogens is 264 g/mol. The number of hydrogen-bond acceptors (Lipinski definition) is 4. The summed E-state index contributed by atoms with van der Waals surface area (Å²) in [4.78, 5) is 2.16. The lowest BCUT2D eigenvalue weighted by atomic mass is 10.1. The molecule has 0 amide bonds. The smallest absolute Gasteiger partial charge is 0.0984 e. The predicted molar refractivity (Wildman–Crippen MR) is 77.7 cm³/mol. The molecule has 0 spiro atoms. The highest BCUT2D eigenvalue weighted by Gasteiger charge is 2.26. The van der Waals surface area contributed by atoms with E-state index in [1.54, 1.807) is 0 Å². The number of aliphatic hydroxyl groups excluding tert-OH is 1. The van der Waals surface area contributed by atoms with E-state index in [1.807, 2.05) is 32.0 Å². The van der Waals surface area contributed by atoms with Crippen LogP contribution in [0.15, 0.2) is 18.2 Å². The fourth-order valence-corrected chi connectivity index (χ4v) is 2.71. The molecule has 3 N–H and O–H groups in total. The third-order valence-corrected chi connectivity index (χ3v) is 3.67. The Kier molecular flexibility index (Phi) is 4.68. The zero-order valence-corrected chi connectivity index (χ0v) is 12.1. The van der Waals surface area contributed by atoms with E-state index in [2.05, 4.69) is 4.90 Å². The summed E-state index contributed by atoms with van der Waals surface area (Å²) in [5.41, 5.74) is 7.85. The molecule has 0 radical (unpaired) electrons. The van der Waals surface area contributed by atoms with Gasteiger partial charge in [-0.05, 0) is 31.5 Å². The molecule has 1 aliphatic heterocycles. The van der Waals surface area contributed by atoms with Crippen molar-refractivity contribution in [1.29, 1.82) is 0 Å². The summed E-state index contributed by atoms with van der Waals surface area (Å²) < 4.78 is 5.63. The molecule has 0 bridgehead atoms. The summed E-state index contributed by atoms with van der Waals surface area (Å²) in [6.07, 6.45) is -0.0806. The van der Waals surface area contributed by atoms with Gasteiger partial charge in [-0.15, -0.1) is 0 Å². The van der Waals surface area contributed by atoms with Crippen molar-refractivity contribution in [3.63, 3.8) is 0 Å². The molecule has 1 heterocycles. The maximum absolute atomic E-state index is 9.26. The minimum absolute atomic E-state index is 0.0242. The number of nitrogens with two attached hydrogens (primary N) is 1. The van der Waals surface area contributed by atoms with E-state index in [0.717, 1.165) is 17.8 Å². The summed E-state index contributed by atoms with van der Waals surface area (Å²) in [6.45, 7) is 5.38. The summed E-state index contributed by atoms with van der Waals surface area (Å²) in [7, 11) is 0. The van der Waals surface area contributed by atoms with Gasteiger partial charge < -0.3 is 20.5 Å². The van der Waals surface area contributed by atoms with Gasteiger partial charge in [0.2, 0.25) is 0 Å². The van der Waals surface area contributed by atoms with Crippen LogP contribution in [-0.2, 0) is 4.74 Å². The van der Waals surface area contributed by atoms with Crippen LogP contribution in [0.5, 0.6) is 0 Å². The van der Waals surface area contributed by atoms with Crippen molar-refractivity contribution < 1.29 is 9.84 Å². The van der Waals surface area contributed by atoms with E-state index in [4.69, 9.17) is 22.1 Å². The van der Waals surface area contributed by atoms with Crippen LogP contribution in [0.25, 0.3) is 0 Å². The van der Waals surface area contributed by atoms with E-state index in [9.17, 15) is 5.11 Å². The molecule has 106 valence electrons. The molecular formula is C14H21ClN2O2. The van der Waals surface area contributed by atoms with E-state index < -0.39 is 0 Å². The van der Waals surface area contributed by atoms with Gasteiger partial charge in [0.05, 0.1) is 29.5 Å². The van der Waals surface area contributed by atoms with Crippen molar-refractivity contribution in [3.05, 3.63) is 28.8 Å². The second kappa shape index (κ2) is 6.09. The van der Waals surface area contributed by atoms with E-state index in [1.165, 1.54) is 0 Å². The summed E-state index contributed by atoms with van der Waals surface area (Å²) >= 11 is 6.34. The Bertz CT molecular complexity index is 439. The lowest BCUT2D eigenvalue weighted by Crippen LogP contribution is -2.48. The Morgan fingerprint density at radius 3 is 2.84 bits per heavy atom. The molecule has 1 fully saturated rings. The Labute approximate surface area is 119 Å². The molecule has 3 unspecified atom stereocenters. The molecule has 1 aliphatic rings. The largest absolute Gasteiger partial charge is 0.394 e. The van der Waals surface area contributed by atoms with Gasteiger partial charge in [0.25, 0.3) is 0 Å². The number of hydrogen-bond donors (Lipinski definition) is 2. The molecule has 0 saturated carbocycles. The normalized spacial score (nSPS) is 25.4. The van der Waals surface area contributed by atoms with Crippen LogP contribution in [-0.4, -0.2) is 37.0 Å². The molecule has 2 rings (SSSR count). The second-order valence-corrected chi connectivity index (χ2v) is 5.56. The van der Waals surface area contributed by atoms with Crippen molar-refractivity contribution in [2.24, 2.45) is 5.73 Å². The summed E-state index contributed by atoms with van der Waals surface area (Å²) in [6, 6.07) is 5.88. The molecule has 5 heteroatoms. The molecule has 1 aromatic carbocycles. The van der Waals surface area contributed by atoms with Gasteiger partial charge in [-0.2, -0.15) is 0 Å². The number of benzene rings is 1. The standard InChI is InChI=1S/C14H21ClN2O2/c1-9-6-17(7-12(8-18)19-9)14-4-3-11(10(2)16)5-13(14)15/h3-5,9-10,12,18H,6-8,16H2,1-2H3. The molecule has 4 nitrogen and oxygen atoms in total. The molecule has 1 saturated heterocycles. The number of rotatable bonds is 3. The van der Waals surface area contributed by atoms with E-state index in [-0.39, 0.29) is 24.9 Å². The fourth-order valence-electron chi connectivity index (χ4n) is 2.41. The minimum atomic E-state index is -0.159. The average Bonchev–Trinajstić information content (AvgIpc) is 2.37. The maximum atomic E-state index is 9.26. The maximum Gasteiger partial charge on any atom is 0.0984 e. The van der Waals surface area contributed by atoms with Gasteiger partial charge in [0.1, 0.15) is 0 Å². The van der Waals surface area contributed by atoms with Crippen LogP contribution < -0.4 is 10.6 Å². The van der Waals surface area contributed by atoms with Crippen LogP contribution in [0.4, 0.5) is 5.69 Å². The summed E-state index contributed by atoms with van der Waals surface area (Å²) in [5.74, 6) is 0. The van der Waals surface area contributed by atoms with Gasteiger partial charge in [-0.3, -0.25) is 0 Å². The first-order chi connectivity index (χ1) is 9.01. The van der Waals surface area contributed by atoms with Crippen LogP contribution in [0.1, 0.15) is 25.5 Å². The highest BCUT2D eigenvalue weighted by Crippen LogP contribution is 2.30. The fraction of sp³-hybridized carbons (Fsp3) is 0.571. The molecule has 19 heavy (non-hydrogen) atoms. The van der Waals surface area contributed by atoms with Crippen molar-refractivity contribution in [2.75, 3.05) is 24.6 Å². The summed E-state index contributed by atoms with van der Waals surface area (Å²) in [5, 5.41) is 9.95. The number of anilines is 1. The SMILES string of the molecule is CC1CN(c2ccc(C(C)N)cc2Cl)CC(CO)O1. The average molecular weight is 285 g/mol. The Morgan fingerprint density at radius 2 is 2.26 bits per heavy atom. The predicted octanol–water partition coefficient (Wildman–Crippen LogP) is 1.95. The first kappa shape index (κ1) is 14.6. The van der Waals surface area contributed by atoms with Crippen LogP contribution in [0.2, 0.25) is 5.02 Å². The number of ether oxygens (including phenoxy) is 1.